The predicted molar refractivity (Wildman–Crippen MR) is 75.2 cm³/mol. The fraction of sp³-hybridized carbons (Fsp3) is 0.0667. The Labute approximate surface area is 124 Å². The van der Waals surface area contributed by atoms with E-state index >= 15 is 0 Å². The van der Waals surface area contributed by atoms with E-state index in [1.807, 2.05) is 0 Å². The summed E-state index contributed by atoms with van der Waals surface area (Å²) in [4.78, 5) is 12.0. The van der Waals surface area contributed by atoms with Crippen molar-refractivity contribution in [2.45, 2.75) is 6.92 Å². The van der Waals surface area contributed by atoms with Crippen LogP contribution in [0.1, 0.15) is 21.5 Å². The van der Waals surface area contributed by atoms with Crippen molar-refractivity contribution in [3.63, 3.8) is 0 Å². The van der Waals surface area contributed by atoms with Gasteiger partial charge >= 0.3 is 0 Å². The SMILES string of the molecule is Cc1c(F)cc(C#N)cc1NC(=O)c1cc(Cl)ccc1F. The number of anilines is 1. The lowest BCUT2D eigenvalue weighted by Crippen LogP contribution is -2.15. The fourth-order valence-corrected chi connectivity index (χ4v) is 1.91. The normalized spacial score (nSPS) is 10.0. The van der Waals surface area contributed by atoms with Crippen molar-refractivity contribution in [3.8, 4) is 6.07 Å². The number of nitrogens with zero attached hydrogens (tertiary/aromatic N) is 1. The Hall–Kier alpha value is -2.45. The number of halogens is 3. The van der Waals surface area contributed by atoms with E-state index in [1.54, 1.807) is 6.07 Å². The van der Waals surface area contributed by atoms with Gasteiger partial charge in [0.15, 0.2) is 0 Å². The summed E-state index contributed by atoms with van der Waals surface area (Å²) >= 11 is 5.72. The van der Waals surface area contributed by atoms with E-state index < -0.39 is 17.5 Å². The molecule has 3 nitrogen and oxygen atoms in total. The van der Waals surface area contributed by atoms with Crippen LogP contribution in [0.25, 0.3) is 0 Å². The first-order chi connectivity index (χ1) is 9.92. The van der Waals surface area contributed by atoms with Gasteiger partial charge in [0.1, 0.15) is 11.6 Å². The molecule has 0 unspecified atom stereocenters. The molecule has 2 aromatic carbocycles. The zero-order valence-corrected chi connectivity index (χ0v) is 11.6. The van der Waals surface area contributed by atoms with Gasteiger partial charge in [-0.15, -0.1) is 0 Å². The van der Waals surface area contributed by atoms with Gasteiger partial charge in [-0.3, -0.25) is 4.79 Å². The molecule has 0 saturated carbocycles. The molecular formula is C15H9ClF2N2O. The van der Waals surface area contributed by atoms with Crippen LogP contribution < -0.4 is 5.32 Å². The molecule has 0 atom stereocenters. The number of amides is 1. The molecule has 6 heteroatoms. The lowest BCUT2D eigenvalue weighted by Gasteiger charge is -2.10. The smallest absolute Gasteiger partial charge is 0.258 e. The summed E-state index contributed by atoms with van der Waals surface area (Å²) in [7, 11) is 0. The molecule has 2 aromatic rings. The number of hydrogen-bond donors (Lipinski definition) is 1. The number of benzene rings is 2. The summed E-state index contributed by atoms with van der Waals surface area (Å²) in [5.74, 6) is -2.14. The minimum atomic E-state index is -0.771. The van der Waals surface area contributed by atoms with Crippen molar-refractivity contribution in [3.05, 3.63) is 63.7 Å². The summed E-state index contributed by atoms with van der Waals surface area (Å²) in [6, 6.07) is 7.71. The molecule has 0 spiro atoms. The molecule has 0 bridgehead atoms. The molecule has 1 N–H and O–H groups in total. The van der Waals surface area contributed by atoms with E-state index in [-0.39, 0.29) is 27.4 Å². The zero-order chi connectivity index (χ0) is 15.6. The standard InChI is InChI=1S/C15H9ClF2N2O/c1-8-13(18)4-9(7-19)5-14(8)20-15(21)11-6-10(16)2-3-12(11)17/h2-6H,1H3,(H,20,21). The highest BCUT2D eigenvalue weighted by molar-refractivity contribution is 6.31. The zero-order valence-electron chi connectivity index (χ0n) is 10.9. The van der Waals surface area contributed by atoms with Gasteiger partial charge in [-0.05, 0) is 37.3 Å². The molecule has 0 heterocycles. The van der Waals surface area contributed by atoms with Crippen LogP contribution in [0.2, 0.25) is 5.02 Å². The van der Waals surface area contributed by atoms with Crippen LogP contribution in [-0.2, 0) is 0 Å². The second-order valence-electron chi connectivity index (χ2n) is 4.32. The maximum absolute atomic E-state index is 13.6. The largest absolute Gasteiger partial charge is 0.322 e. The molecule has 0 aromatic heterocycles. The predicted octanol–water partition coefficient (Wildman–Crippen LogP) is 4.05. The molecule has 0 saturated heterocycles. The van der Waals surface area contributed by atoms with Crippen LogP contribution in [0.5, 0.6) is 0 Å². The van der Waals surface area contributed by atoms with Gasteiger partial charge in [0.2, 0.25) is 0 Å². The molecule has 106 valence electrons. The monoisotopic (exact) mass is 306 g/mol. The number of rotatable bonds is 2. The van der Waals surface area contributed by atoms with E-state index in [0.29, 0.717) is 0 Å². The van der Waals surface area contributed by atoms with E-state index in [9.17, 15) is 13.6 Å². The second-order valence-corrected chi connectivity index (χ2v) is 4.76. The Morgan fingerprint density at radius 2 is 1.95 bits per heavy atom. The van der Waals surface area contributed by atoms with Crippen molar-refractivity contribution in [2.24, 2.45) is 0 Å². The topological polar surface area (TPSA) is 52.9 Å². The number of nitriles is 1. The molecule has 21 heavy (non-hydrogen) atoms. The van der Waals surface area contributed by atoms with E-state index in [4.69, 9.17) is 16.9 Å². The average Bonchev–Trinajstić information content (AvgIpc) is 2.46. The summed E-state index contributed by atoms with van der Waals surface area (Å²) < 4.78 is 27.2. The molecule has 1 amide bonds. The summed E-state index contributed by atoms with van der Waals surface area (Å²) in [6.07, 6.45) is 0. The highest BCUT2D eigenvalue weighted by Gasteiger charge is 2.15. The Morgan fingerprint density at radius 1 is 1.24 bits per heavy atom. The van der Waals surface area contributed by atoms with Gasteiger partial charge in [-0.1, -0.05) is 11.6 Å². The highest BCUT2D eigenvalue weighted by atomic mass is 35.5. The molecule has 0 radical (unpaired) electrons. The third-order valence-corrected chi connectivity index (χ3v) is 3.13. The van der Waals surface area contributed by atoms with Gasteiger partial charge in [0, 0.05) is 16.3 Å². The maximum Gasteiger partial charge on any atom is 0.258 e. The van der Waals surface area contributed by atoms with Crippen LogP contribution in [0.4, 0.5) is 14.5 Å². The molecule has 0 fully saturated rings. The number of hydrogen-bond acceptors (Lipinski definition) is 2. The van der Waals surface area contributed by atoms with Crippen molar-refractivity contribution < 1.29 is 13.6 Å². The van der Waals surface area contributed by atoms with Gasteiger partial charge in [-0.25, -0.2) is 8.78 Å². The first kappa shape index (κ1) is 14.9. The van der Waals surface area contributed by atoms with Crippen LogP contribution in [0, 0.1) is 29.9 Å². The summed E-state index contributed by atoms with van der Waals surface area (Å²) in [5, 5.41) is 11.4. The van der Waals surface area contributed by atoms with Crippen molar-refractivity contribution in [2.75, 3.05) is 5.32 Å². The van der Waals surface area contributed by atoms with Crippen molar-refractivity contribution >= 4 is 23.2 Å². The number of carbonyl (C=O) groups is 1. The molecule has 2 rings (SSSR count). The van der Waals surface area contributed by atoms with Crippen LogP contribution in [0.3, 0.4) is 0 Å². The van der Waals surface area contributed by atoms with Crippen LogP contribution >= 0.6 is 11.6 Å². The number of carbonyl (C=O) groups excluding carboxylic acids is 1. The molecule has 0 aliphatic carbocycles. The van der Waals surface area contributed by atoms with Crippen LogP contribution in [0.15, 0.2) is 30.3 Å². The van der Waals surface area contributed by atoms with Gasteiger partial charge in [0.05, 0.1) is 17.2 Å². The van der Waals surface area contributed by atoms with E-state index in [0.717, 1.165) is 12.1 Å². The summed E-state index contributed by atoms with van der Waals surface area (Å²) in [5.41, 5.74) is 0.0605. The summed E-state index contributed by atoms with van der Waals surface area (Å²) in [6.45, 7) is 1.44. The van der Waals surface area contributed by atoms with E-state index in [1.165, 1.54) is 25.1 Å². The first-order valence-corrected chi connectivity index (χ1v) is 6.27. The maximum atomic E-state index is 13.6. The van der Waals surface area contributed by atoms with E-state index in [2.05, 4.69) is 5.32 Å². The second kappa shape index (κ2) is 5.90. The lowest BCUT2D eigenvalue weighted by atomic mass is 10.1. The van der Waals surface area contributed by atoms with Gasteiger partial charge in [-0.2, -0.15) is 5.26 Å². The lowest BCUT2D eigenvalue weighted by molar-refractivity contribution is 0.102. The van der Waals surface area contributed by atoms with Gasteiger partial charge in [0.25, 0.3) is 5.91 Å². The third kappa shape index (κ3) is 3.18. The van der Waals surface area contributed by atoms with Crippen molar-refractivity contribution in [1.82, 2.24) is 0 Å². The fourth-order valence-electron chi connectivity index (χ4n) is 1.73. The minimum Gasteiger partial charge on any atom is -0.322 e. The molecular weight excluding hydrogens is 298 g/mol. The van der Waals surface area contributed by atoms with Gasteiger partial charge < -0.3 is 5.32 Å². The Kier molecular flexibility index (Phi) is 4.20. The number of nitrogens with one attached hydrogen (secondary N) is 1. The van der Waals surface area contributed by atoms with Crippen LogP contribution in [-0.4, -0.2) is 5.91 Å². The van der Waals surface area contributed by atoms with Crippen molar-refractivity contribution in [1.29, 1.82) is 5.26 Å². The average molecular weight is 307 g/mol. The Morgan fingerprint density at radius 3 is 2.62 bits per heavy atom. The first-order valence-electron chi connectivity index (χ1n) is 5.89. The minimum absolute atomic E-state index is 0.0555. The molecule has 0 aliphatic rings. The Bertz CT molecular complexity index is 769. The quantitative estimate of drug-likeness (QED) is 0.910. The highest BCUT2D eigenvalue weighted by Crippen LogP contribution is 2.22. The third-order valence-electron chi connectivity index (χ3n) is 2.89. The molecule has 0 aliphatic heterocycles. The Balaban J connectivity index is 2.38.